The van der Waals surface area contributed by atoms with Crippen LogP contribution >= 0.6 is 0 Å². The summed E-state index contributed by atoms with van der Waals surface area (Å²) in [7, 11) is -3.60. The number of hydrogen-bond donors (Lipinski definition) is 1. The molecule has 30 heavy (non-hydrogen) atoms. The Bertz CT molecular complexity index is 875. The molecule has 1 aromatic rings. The van der Waals surface area contributed by atoms with Gasteiger partial charge in [0.1, 0.15) is 11.3 Å². The summed E-state index contributed by atoms with van der Waals surface area (Å²) in [5.74, 6) is 0.423. The van der Waals surface area contributed by atoms with Crippen LogP contribution in [-0.2, 0) is 14.8 Å². The van der Waals surface area contributed by atoms with E-state index >= 15 is 0 Å². The number of amides is 3. The molecule has 0 aliphatic carbocycles. The molecule has 2 fully saturated rings. The molecule has 2 heterocycles. The minimum atomic E-state index is -3.60. The average Bonchev–Trinajstić information content (AvgIpc) is 2.99. The van der Waals surface area contributed by atoms with Gasteiger partial charge in [-0.3, -0.25) is 9.69 Å². The Hall–Kier alpha value is -2.17. The largest absolute Gasteiger partial charge is 0.494 e. The van der Waals surface area contributed by atoms with E-state index < -0.39 is 15.6 Å². The summed E-state index contributed by atoms with van der Waals surface area (Å²) in [4.78, 5) is 28.5. The number of ether oxygens (including phenoxy) is 1. The minimum absolute atomic E-state index is 0.170. The first kappa shape index (κ1) is 22.5. The first-order valence-electron chi connectivity index (χ1n) is 10.4. The highest BCUT2D eigenvalue weighted by Gasteiger charge is 2.49. The quantitative estimate of drug-likeness (QED) is 0.617. The van der Waals surface area contributed by atoms with Crippen molar-refractivity contribution in [3.05, 3.63) is 24.3 Å². The minimum Gasteiger partial charge on any atom is -0.494 e. The van der Waals surface area contributed by atoms with Gasteiger partial charge >= 0.3 is 6.03 Å². The lowest BCUT2D eigenvalue weighted by molar-refractivity contribution is -0.133. The van der Waals surface area contributed by atoms with Gasteiger partial charge in [-0.15, -0.1) is 0 Å². The lowest BCUT2D eigenvalue weighted by Crippen LogP contribution is -2.53. The number of carbonyl (C=O) groups excluding carboxylic acids is 2. The van der Waals surface area contributed by atoms with E-state index in [1.807, 2.05) is 25.7 Å². The van der Waals surface area contributed by atoms with E-state index in [9.17, 15) is 18.0 Å². The number of piperazine rings is 1. The van der Waals surface area contributed by atoms with Gasteiger partial charge in [0.2, 0.25) is 10.0 Å². The molecule has 0 atom stereocenters. The zero-order valence-corrected chi connectivity index (χ0v) is 18.6. The summed E-state index contributed by atoms with van der Waals surface area (Å²) < 4.78 is 32.6. The van der Waals surface area contributed by atoms with Gasteiger partial charge < -0.3 is 10.1 Å². The zero-order valence-electron chi connectivity index (χ0n) is 17.8. The van der Waals surface area contributed by atoms with Crippen LogP contribution in [0.25, 0.3) is 0 Å². The highest BCUT2D eigenvalue weighted by atomic mass is 32.2. The van der Waals surface area contributed by atoms with E-state index in [1.165, 1.54) is 9.21 Å². The Kier molecular flexibility index (Phi) is 6.68. The zero-order chi connectivity index (χ0) is 21.9. The van der Waals surface area contributed by atoms with Crippen LogP contribution in [0.15, 0.2) is 29.2 Å². The predicted octanol–water partition coefficient (Wildman–Crippen LogP) is 1.46. The van der Waals surface area contributed by atoms with Crippen LogP contribution < -0.4 is 10.1 Å². The van der Waals surface area contributed by atoms with Crippen LogP contribution in [0.4, 0.5) is 4.79 Å². The van der Waals surface area contributed by atoms with Gasteiger partial charge in [0, 0.05) is 26.2 Å². The number of hydrogen-bond acceptors (Lipinski definition) is 6. The first-order chi connectivity index (χ1) is 14.3. The molecule has 1 N–H and O–H groups in total. The maximum Gasteiger partial charge on any atom is 0.326 e. The van der Waals surface area contributed by atoms with E-state index in [4.69, 9.17) is 4.74 Å². The molecular formula is C20H30N4O5S. The van der Waals surface area contributed by atoms with Crippen molar-refractivity contribution in [2.75, 3.05) is 39.5 Å². The van der Waals surface area contributed by atoms with Gasteiger partial charge in [-0.05, 0) is 44.0 Å². The molecule has 0 saturated carbocycles. The Balaban J connectivity index is 1.60. The monoisotopic (exact) mass is 438 g/mol. The SMILES string of the molecule is CCOc1ccc(S(=O)(=O)N2CCN(CN3C(=O)NC(CC)(CC)C3=O)CC2)cc1. The van der Waals surface area contributed by atoms with Crippen molar-refractivity contribution >= 4 is 22.0 Å². The van der Waals surface area contributed by atoms with Crippen molar-refractivity contribution in [1.29, 1.82) is 0 Å². The summed E-state index contributed by atoms with van der Waals surface area (Å²) >= 11 is 0. The number of urea groups is 1. The van der Waals surface area contributed by atoms with E-state index in [0.717, 1.165) is 0 Å². The highest BCUT2D eigenvalue weighted by Crippen LogP contribution is 2.26. The molecule has 1 aromatic carbocycles. The molecule has 166 valence electrons. The molecule has 3 rings (SSSR count). The van der Waals surface area contributed by atoms with Crippen LogP contribution in [0.2, 0.25) is 0 Å². The molecule has 10 heteroatoms. The molecule has 9 nitrogen and oxygen atoms in total. The van der Waals surface area contributed by atoms with Crippen molar-refractivity contribution in [3.63, 3.8) is 0 Å². The van der Waals surface area contributed by atoms with Gasteiger partial charge in [-0.1, -0.05) is 13.8 Å². The van der Waals surface area contributed by atoms with Crippen LogP contribution in [0.3, 0.4) is 0 Å². The van der Waals surface area contributed by atoms with E-state index in [2.05, 4.69) is 5.32 Å². The van der Waals surface area contributed by atoms with Crippen LogP contribution in [-0.4, -0.2) is 79.5 Å². The molecule has 2 aliphatic heterocycles. The first-order valence-corrected chi connectivity index (χ1v) is 11.8. The second-order valence-electron chi connectivity index (χ2n) is 7.52. The third kappa shape index (κ3) is 4.17. The fourth-order valence-electron chi connectivity index (χ4n) is 3.87. The fraction of sp³-hybridized carbons (Fsp3) is 0.600. The van der Waals surface area contributed by atoms with Crippen molar-refractivity contribution in [2.45, 2.75) is 44.0 Å². The normalized spacial score (nSPS) is 20.4. The summed E-state index contributed by atoms with van der Waals surface area (Å²) in [5, 5.41) is 2.82. The van der Waals surface area contributed by atoms with E-state index in [1.54, 1.807) is 24.3 Å². The molecule has 0 bridgehead atoms. The van der Waals surface area contributed by atoms with Crippen LogP contribution in [0.5, 0.6) is 5.75 Å². The molecule has 2 saturated heterocycles. The van der Waals surface area contributed by atoms with Gasteiger partial charge in [-0.2, -0.15) is 4.31 Å². The smallest absolute Gasteiger partial charge is 0.326 e. The maximum atomic E-state index is 12.9. The summed E-state index contributed by atoms with van der Waals surface area (Å²) in [6.07, 6.45) is 1.08. The third-order valence-corrected chi connectivity index (χ3v) is 7.81. The summed E-state index contributed by atoms with van der Waals surface area (Å²) in [6, 6.07) is 6.02. The Morgan fingerprint density at radius 2 is 1.60 bits per heavy atom. The topological polar surface area (TPSA) is 99.3 Å². The standard InChI is InChI=1S/C20H30N4O5S/c1-4-20(5-2)18(25)24(19(26)21-20)15-22-11-13-23(14-12-22)30(27,28)17-9-7-16(8-10-17)29-6-3/h7-10H,4-6,11-15H2,1-3H3,(H,21,26). The highest BCUT2D eigenvalue weighted by molar-refractivity contribution is 7.89. The van der Waals surface area contributed by atoms with Gasteiger partial charge in [0.15, 0.2) is 0 Å². The second-order valence-corrected chi connectivity index (χ2v) is 9.46. The lowest BCUT2D eigenvalue weighted by Gasteiger charge is -2.35. The lowest BCUT2D eigenvalue weighted by atomic mass is 9.93. The number of carbonyl (C=O) groups is 2. The Morgan fingerprint density at radius 1 is 1.00 bits per heavy atom. The second kappa shape index (κ2) is 8.91. The number of nitrogens with one attached hydrogen (secondary N) is 1. The molecule has 2 aliphatic rings. The number of imide groups is 1. The number of nitrogens with zero attached hydrogens (tertiary/aromatic N) is 3. The van der Waals surface area contributed by atoms with E-state index in [-0.39, 0.29) is 23.5 Å². The van der Waals surface area contributed by atoms with Gasteiger partial charge in [0.25, 0.3) is 5.91 Å². The van der Waals surface area contributed by atoms with Gasteiger partial charge in [0.05, 0.1) is 18.2 Å². The average molecular weight is 439 g/mol. The molecule has 0 aromatic heterocycles. The van der Waals surface area contributed by atoms with Crippen molar-refractivity contribution < 1.29 is 22.7 Å². The third-order valence-electron chi connectivity index (χ3n) is 5.90. The van der Waals surface area contributed by atoms with Gasteiger partial charge in [-0.25, -0.2) is 18.1 Å². The molecule has 0 radical (unpaired) electrons. The molecular weight excluding hydrogens is 408 g/mol. The number of sulfonamides is 1. The van der Waals surface area contributed by atoms with E-state index in [0.29, 0.717) is 51.4 Å². The maximum absolute atomic E-state index is 12.9. The van der Waals surface area contributed by atoms with Crippen LogP contribution in [0, 0.1) is 0 Å². The number of benzene rings is 1. The molecule has 0 unspecified atom stereocenters. The summed E-state index contributed by atoms with van der Waals surface area (Å²) in [5.41, 5.74) is -0.824. The fourth-order valence-corrected chi connectivity index (χ4v) is 5.29. The molecule has 3 amide bonds. The predicted molar refractivity (Wildman–Crippen MR) is 112 cm³/mol. The Morgan fingerprint density at radius 3 is 2.10 bits per heavy atom. The summed E-state index contributed by atoms with van der Waals surface area (Å²) in [6.45, 7) is 7.81. The van der Waals surface area contributed by atoms with Crippen molar-refractivity contribution in [3.8, 4) is 5.75 Å². The number of rotatable bonds is 8. The molecule has 0 spiro atoms. The van der Waals surface area contributed by atoms with Crippen molar-refractivity contribution in [2.24, 2.45) is 0 Å². The van der Waals surface area contributed by atoms with Crippen molar-refractivity contribution in [1.82, 2.24) is 19.4 Å². The Labute approximate surface area is 178 Å². The van der Waals surface area contributed by atoms with Crippen LogP contribution in [0.1, 0.15) is 33.6 Å².